The number of carbonyl (C=O) groups is 1. The number of fused-ring (bicyclic) bond motifs is 1. The number of anilines is 1. The quantitative estimate of drug-likeness (QED) is 0.417. The van der Waals surface area contributed by atoms with Crippen molar-refractivity contribution in [2.24, 2.45) is 11.3 Å². The Morgan fingerprint density at radius 1 is 1.27 bits per heavy atom. The van der Waals surface area contributed by atoms with Gasteiger partial charge in [-0.3, -0.25) is 4.79 Å². The Kier molecular flexibility index (Phi) is 6.06. The molecular weight excluding hydrogens is 420 g/mol. The lowest BCUT2D eigenvalue weighted by Gasteiger charge is -2.31. The van der Waals surface area contributed by atoms with Gasteiger partial charge in [0.05, 0.1) is 23.9 Å². The average molecular weight is 449 g/mol. The number of imidazole rings is 1. The van der Waals surface area contributed by atoms with Crippen molar-refractivity contribution < 1.29 is 15.0 Å². The highest BCUT2D eigenvalue weighted by molar-refractivity contribution is 5.85. The smallest absolute Gasteiger partial charge is 0.228 e. The zero-order chi connectivity index (χ0) is 23.8. The fraction of sp³-hybridized carbons (Fsp3) is 0.417. The molecule has 1 amide bonds. The number of nitrogens with one attached hydrogen (secondary N) is 2. The molecule has 5 atom stereocenters. The largest absolute Gasteiger partial charge is 0.389 e. The Morgan fingerprint density at radius 2 is 2.00 bits per heavy atom. The molecule has 0 aliphatic heterocycles. The molecule has 0 spiro atoms. The van der Waals surface area contributed by atoms with Crippen LogP contribution in [0.3, 0.4) is 0 Å². The Hall–Kier alpha value is -3.48. The van der Waals surface area contributed by atoms with Gasteiger partial charge in [0.15, 0.2) is 17.0 Å². The fourth-order valence-electron chi connectivity index (χ4n) is 4.77. The van der Waals surface area contributed by atoms with Gasteiger partial charge in [-0.25, -0.2) is 15.0 Å². The summed E-state index contributed by atoms with van der Waals surface area (Å²) in [5, 5.41) is 27.6. The lowest BCUT2D eigenvalue weighted by Crippen LogP contribution is -2.47. The molecule has 1 saturated carbocycles. The van der Waals surface area contributed by atoms with E-state index in [1.54, 1.807) is 17.8 Å². The molecule has 3 aromatic rings. The molecule has 0 radical (unpaired) electrons. The van der Waals surface area contributed by atoms with Gasteiger partial charge in [-0.1, -0.05) is 37.3 Å². The number of aromatic nitrogens is 4. The molecular formula is C24H28N6O3. The van der Waals surface area contributed by atoms with Crippen molar-refractivity contribution in [3.8, 4) is 12.3 Å². The zero-order valence-electron chi connectivity index (χ0n) is 18.9. The molecule has 2 heterocycles. The van der Waals surface area contributed by atoms with Crippen molar-refractivity contribution in [1.82, 2.24) is 24.8 Å². The van der Waals surface area contributed by atoms with Crippen LogP contribution in [0.1, 0.15) is 31.3 Å². The molecule has 1 aliphatic rings. The zero-order valence-corrected chi connectivity index (χ0v) is 18.9. The third-order valence-corrected chi connectivity index (χ3v) is 6.88. The van der Waals surface area contributed by atoms with Crippen molar-refractivity contribution in [3.63, 3.8) is 0 Å². The lowest BCUT2D eigenvalue weighted by molar-refractivity contribution is -0.139. The molecule has 0 bridgehead atoms. The number of nitrogens with zero attached hydrogens (tertiary/aromatic N) is 4. The summed E-state index contributed by atoms with van der Waals surface area (Å²) in [5.41, 5.74) is 0.936. The van der Waals surface area contributed by atoms with Gasteiger partial charge in [0.25, 0.3) is 0 Å². The van der Waals surface area contributed by atoms with Crippen molar-refractivity contribution in [2.75, 3.05) is 18.9 Å². The second kappa shape index (κ2) is 8.81. The van der Waals surface area contributed by atoms with E-state index in [4.69, 9.17) is 6.42 Å². The van der Waals surface area contributed by atoms with Gasteiger partial charge < -0.3 is 25.4 Å². The third-order valence-electron chi connectivity index (χ3n) is 6.88. The second-order valence-corrected chi connectivity index (χ2v) is 8.60. The maximum atomic E-state index is 12.6. The molecule has 9 heteroatoms. The summed E-state index contributed by atoms with van der Waals surface area (Å²) in [5.74, 6) is 2.39. The van der Waals surface area contributed by atoms with Crippen LogP contribution < -0.4 is 10.6 Å². The van der Waals surface area contributed by atoms with E-state index in [1.807, 2.05) is 25.1 Å². The molecule has 1 aromatic carbocycles. The summed E-state index contributed by atoms with van der Waals surface area (Å²) in [7, 11) is 1.51. The van der Waals surface area contributed by atoms with E-state index in [2.05, 4.69) is 43.6 Å². The maximum Gasteiger partial charge on any atom is 0.228 e. The topological polar surface area (TPSA) is 125 Å². The van der Waals surface area contributed by atoms with Crippen LogP contribution >= 0.6 is 0 Å². The molecule has 1 aliphatic carbocycles. The standard InChI is InChI=1S/C24H28N6O3/c1-5-16-28-21(26-12-11-15-9-7-6-8-10-15)17-22(29-16)30(13-27-17)18-14(2)24(3,23(33)25-4)20(32)19(18)31/h1,6-10,13-14,18-20,31-32H,11-12H2,2-4H3,(H,25,33)(H,26,28,29)/t14-,18-,19+,20+,24+/m1/s1. The number of amides is 1. The van der Waals surface area contributed by atoms with Crippen LogP contribution in [-0.2, 0) is 11.2 Å². The number of benzene rings is 1. The van der Waals surface area contributed by atoms with Gasteiger partial charge in [0, 0.05) is 13.6 Å². The molecule has 172 valence electrons. The molecule has 33 heavy (non-hydrogen) atoms. The first-order valence-corrected chi connectivity index (χ1v) is 10.9. The Balaban J connectivity index is 1.69. The number of hydrogen-bond acceptors (Lipinski definition) is 7. The van der Waals surface area contributed by atoms with Gasteiger partial charge in [-0.05, 0) is 30.7 Å². The molecule has 4 rings (SSSR count). The van der Waals surface area contributed by atoms with Crippen molar-refractivity contribution in [2.45, 2.75) is 38.5 Å². The highest BCUT2D eigenvalue weighted by Crippen LogP contribution is 2.50. The second-order valence-electron chi connectivity index (χ2n) is 8.60. The number of rotatable bonds is 6. The van der Waals surface area contributed by atoms with Gasteiger partial charge in [0.2, 0.25) is 11.7 Å². The first-order chi connectivity index (χ1) is 15.8. The number of hydrogen-bond donors (Lipinski definition) is 4. The number of aliphatic hydroxyl groups excluding tert-OH is 2. The van der Waals surface area contributed by atoms with Gasteiger partial charge in [-0.2, -0.15) is 0 Å². The van der Waals surface area contributed by atoms with Crippen LogP contribution in [-0.4, -0.2) is 61.4 Å². The van der Waals surface area contributed by atoms with E-state index in [9.17, 15) is 15.0 Å². The van der Waals surface area contributed by atoms with E-state index >= 15 is 0 Å². The molecule has 2 aromatic heterocycles. The highest BCUT2D eigenvalue weighted by Gasteiger charge is 2.60. The fourth-order valence-corrected chi connectivity index (χ4v) is 4.77. The summed E-state index contributed by atoms with van der Waals surface area (Å²) in [4.78, 5) is 25.9. The Labute approximate surface area is 192 Å². The first kappa shape index (κ1) is 22.7. The summed E-state index contributed by atoms with van der Waals surface area (Å²) >= 11 is 0. The van der Waals surface area contributed by atoms with E-state index in [-0.39, 0.29) is 11.7 Å². The normalized spacial score (nSPS) is 26.8. The van der Waals surface area contributed by atoms with Crippen LogP contribution in [0.4, 0.5) is 5.82 Å². The van der Waals surface area contributed by atoms with Crippen molar-refractivity contribution in [3.05, 3.63) is 48.0 Å². The minimum atomic E-state index is -1.26. The van der Waals surface area contributed by atoms with Gasteiger partial charge in [-0.15, -0.1) is 6.42 Å². The SMILES string of the molecule is C#Cc1nc(NCCc2ccccc2)c2ncn([C@H]3[C@H](O)[C@H](O)[C@@](C)(C(=O)NC)[C@@H]3C)c2n1. The lowest BCUT2D eigenvalue weighted by atomic mass is 9.77. The van der Waals surface area contributed by atoms with Crippen LogP contribution in [0, 0.1) is 23.7 Å². The van der Waals surface area contributed by atoms with E-state index in [0.717, 1.165) is 6.42 Å². The van der Waals surface area contributed by atoms with E-state index in [0.29, 0.717) is 23.5 Å². The summed E-state index contributed by atoms with van der Waals surface area (Å²) in [6.45, 7) is 4.10. The minimum absolute atomic E-state index is 0.182. The number of carbonyl (C=O) groups excluding carboxylic acids is 1. The average Bonchev–Trinajstić information content (AvgIpc) is 3.32. The van der Waals surface area contributed by atoms with Crippen LogP contribution in [0.15, 0.2) is 36.7 Å². The molecule has 4 N–H and O–H groups in total. The number of aliphatic hydroxyl groups is 2. The third kappa shape index (κ3) is 3.71. The van der Waals surface area contributed by atoms with Crippen molar-refractivity contribution in [1.29, 1.82) is 0 Å². The molecule has 9 nitrogen and oxygen atoms in total. The van der Waals surface area contributed by atoms with Crippen molar-refractivity contribution >= 4 is 22.9 Å². The first-order valence-electron chi connectivity index (χ1n) is 10.9. The van der Waals surface area contributed by atoms with Crippen LogP contribution in [0.5, 0.6) is 0 Å². The van der Waals surface area contributed by atoms with E-state index < -0.39 is 29.6 Å². The summed E-state index contributed by atoms with van der Waals surface area (Å²) < 4.78 is 1.69. The predicted octanol–water partition coefficient (Wildman–Crippen LogP) is 1.13. The predicted molar refractivity (Wildman–Crippen MR) is 124 cm³/mol. The monoisotopic (exact) mass is 448 g/mol. The van der Waals surface area contributed by atoms with E-state index in [1.165, 1.54) is 12.6 Å². The summed E-state index contributed by atoms with van der Waals surface area (Å²) in [6, 6.07) is 9.43. The maximum absolute atomic E-state index is 12.6. The summed E-state index contributed by atoms with van der Waals surface area (Å²) in [6.07, 6.45) is 5.49. The van der Waals surface area contributed by atoms with Crippen LogP contribution in [0.25, 0.3) is 11.2 Å². The molecule has 1 fully saturated rings. The van der Waals surface area contributed by atoms with Gasteiger partial charge in [0.1, 0.15) is 6.10 Å². The Bertz CT molecular complexity index is 1200. The Morgan fingerprint density at radius 3 is 2.67 bits per heavy atom. The van der Waals surface area contributed by atoms with Gasteiger partial charge >= 0.3 is 0 Å². The van der Waals surface area contributed by atoms with Crippen LogP contribution in [0.2, 0.25) is 0 Å². The number of terminal acetylenes is 1. The highest BCUT2D eigenvalue weighted by atomic mass is 16.3. The molecule has 0 saturated heterocycles. The molecule has 0 unspecified atom stereocenters. The minimum Gasteiger partial charge on any atom is -0.389 e.